The highest BCUT2D eigenvalue weighted by molar-refractivity contribution is 8.00. The molecule has 9 atom stereocenters. The third-order valence-corrected chi connectivity index (χ3v) is 13.2. The topological polar surface area (TPSA) is 117 Å². The van der Waals surface area contributed by atoms with E-state index in [2.05, 4.69) is 24.2 Å². The number of nitrogens with one attached hydrogen (secondary N) is 1. The molecular weight excluding hydrogens is 588 g/mol. The summed E-state index contributed by atoms with van der Waals surface area (Å²) in [5.41, 5.74) is 1.27. The van der Waals surface area contributed by atoms with E-state index in [-0.39, 0.29) is 52.3 Å². The maximum Gasteiger partial charge on any atom is 0.308 e. The molecule has 2 aliphatic heterocycles. The van der Waals surface area contributed by atoms with E-state index < -0.39 is 11.6 Å². The molecule has 43 heavy (non-hydrogen) atoms. The summed E-state index contributed by atoms with van der Waals surface area (Å²) in [6.07, 6.45) is 7.78. The molecule has 1 aromatic rings. The lowest BCUT2D eigenvalue weighted by atomic mass is 9.70. The molecule has 1 aromatic heterocycles. The van der Waals surface area contributed by atoms with Gasteiger partial charge in [0.15, 0.2) is 0 Å². The van der Waals surface area contributed by atoms with E-state index in [0.717, 1.165) is 68.4 Å². The molecule has 11 heteroatoms. The summed E-state index contributed by atoms with van der Waals surface area (Å²) in [4.78, 5) is 33.0. The number of aromatic nitrogens is 2. The Hall–Kier alpha value is -1.17. The van der Waals surface area contributed by atoms with Gasteiger partial charge in [-0.25, -0.2) is 4.98 Å². The molecule has 5 aliphatic rings. The van der Waals surface area contributed by atoms with Gasteiger partial charge in [0, 0.05) is 46.1 Å². The Morgan fingerprint density at radius 1 is 1.23 bits per heavy atom. The fourth-order valence-corrected chi connectivity index (χ4v) is 11.0. The third kappa shape index (κ3) is 6.43. The van der Waals surface area contributed by atoms with E-state index in [1.54, 1.807) is 16.3 Å². The van der Waals surface area contributed by atoms with Crippen molar-refractivity contribution < 1.29 is 19.7 Å². The zero-order chi connectivity index (χ0) is 30.6. The second kappa shape index (κ2) is 12.6. The number of carbonyl (C=O) groups is 1. The van der Waals surface area contributed by atoms with Crippen LogP contribution >= 0.6 is 23.4 Å². The van der Waals surface area contributed by atoms with Gasteiger partial charge in [0.25, 0.3) is 5.56 Å². The lowest BCUT2D eigenvalue weighted by molar-refractivity contribution is -0.142. The zero-order valence-electron chi connectivity index (χ0n) is 26.0. The fourth-order valence-electron chi connectivity index (χ4n) is 8.87. The van der Waals surface area contributed by atoms with Crippen LogP contribution in [0.2, 0.25) is 0 Å². The smallest absolute Gasteiger partial charge is 0.308 e. The van der Waals surface area contributed by atoms with Gasteiger partial charge in [0.05, 0.1) is 36.5 Å². The number of halogens is 1. The summed E-state index contributed by atoms with van der Waals surface area (Å²) >= 11 is 8.54. The van der Waals surface area contributed by atoms with E-state index in [9.17, 15) is 19.8 Å². The van der Waals surface area contributed by atoms with Crippen LogP contribution in [0.5, 0.6) is 0 Å². The number of rotatable bonds is 8. The standard InChI is InChI=1S/C32H49ClN4O5S/c1-17-11-23(29-28(34-17)25(16-43-29)31(39)40)22-12-19(33)5-8-27(22)42-10-9-37-18(2)35-26-7-6-20(13-24(26)30(37)38)36(4)21-14-32(3,41)15-21/h17,19-23,25,27-29,34,41H,5-16H2,1-4H3,(H,39,40). The van der Waals surface area contributed by atoms with Crippen LogP contribution in [0.1, 0.15) is 75.9 Å². The van der Waals surface area contributed by atoms with Crippen LogP contribution in [0.25, 0.3) is 0 Å². The Labute approximate surface area is 264 Å². The number of thioether (sulfide) groups is 1. The molecule has 0 radical (unpaired) electrons. The van der Waals surface area contributed by atoms with Crippen molar-refractivity contribution >= 4 is 29.3 Å². The summed E-state index contributed by atoms with van der Waals surface area (Å²) in [5.74, 6) is 0.953. The van der Waals surface area contributed by atoms with Crippen molar-refractivity contribution in [2.24, 2.45) is 17.8 Å². The molecule has 9 unspecified atom stereocenters. The average molecular weight is 637 g/mol. The lowest BCUT2D eigenvalue weighted by Crippen LogP contribution is -2.57. The van der Waals surface area contributed by atoms with E-state index in [1.807, 2.05) is 13.8 Å². The molecular formula is C32H49ClN4O5S. The van der Waals surface area contributed by atoms with Crippen molar-refractivity contribution in [3.63, 3.8) is 0 Å². The van der Waals surface area contributed by atoms with Gasteiger partial charge in [0.2, 0.25) is 0 Å². The Bertz CT molecular complexity index is 1250. The molecule has 4 fully saturated rings. The van der Waals surface area contributed by atoms with Gasteiger partial charge in [-0.1, -0.05) is 0 Å². The first kappa shape index (κ1) is 31.8. The first-order chi connectivity index (χ1) is 20.4. The van der Waals surface area contributed by atoms with Gasteiger partial charge in [0.1, 0.15) is 5.82 Å². The van der Waals surface area contributed by atoms with Crippen LogP contribution in [0.4, 0.5) is 0 Å². The SMILES string of the molecule is Cc1nc2c(c(=O)n1CCOC1CCC(Cl)CC1C1CC(C)NC3C(C(=O)O)CSC13)CC(N(C)C1CC(C)(O)C1)CC2. The number of alkyl halides is 1. The largest absolute Gasteiger partial charge is 0.481 e. The molecule has 6 rings (SSSR count). The number of likely N-dealkylation sites (N-methyl/N-ethyl adjacent to an activating group) is 1. The summed E-state index contributed by atoms with van der Waals surface area (Å²) < 4.78 is 8.42. The normalized spacial score (nSPS) is 41.0. The van der Waals surface area contributed by atoms with Gasteiger partial charge in [-0.05, 0) is 97.4 Å². The number of aryl methyl sites for hydroxylation is 2. The highest BCUT2D eigenvalue weighted by Crippen LogP contribution is 2.48. The molecule has 3 N–H and O–H groups in total. The van der Waals surface area contributed by atoms with Crippen LogP contribution in [0.3, 0.4) is 0 Å². The maximum absolute atomic E-state index is 13.8. The molecule has 240 valence electrons. The number of hydrogen-bond acceptors (Lipinski definition) is 8. The lowest BCUT2D eigenvalue weighted by Gasteiger charge is -2.48. The number of aliphatic hydroxyl groups is 1. The number of aliphatic carboxylic acids is 1. The van der Waals surface area contributed by atoms with Gasteiger partial charge in [-0.15, -0.1) is 11.6 Å². The minimum atomic E-state index is -0.708. The highest BCUT2D eigenvalue weighted by Gasteiger charge is 2.51. The number of carboxylic acids is 1. The van der Waals surface area contributed by atoms with Gasteiger partial charge >= 0.3 is 5.97 Å². The van der Waals surface area contributed by atoms with Gasteiger partial charge < -0.3 is 20.3 Å². The summed E-state index contributed by atoms with van der Waals surface area (Å²) in [7, 11) is 2.13. The predicted octanol–water partition coefficient (Wildman–Crippen LogP) is 3.23. The van der Waals surface area contributed by atoms with E-state index in [0.29, 0.717) is 37.3 Å². The zero-order valence-corrected chi connectivity index (χ0v) is 27.6. The molecule has 3 heterocycles. The predicted molar refractivity (Wildman–Crippen MR) is 169 cm³/mol. The highest BCUT2D eigenvalue weighted by atomic mass is 35.5. The minimum Gasteiger partial charge on any atom is -0.481 e. The van der Waals surface area contributed by atoms with E-state index >= 15 is 0 Å². The van der Waals surface area contributed by atoms with Gasteiger partial charge in [-0.3, -0.25) is 19.1 Å². The minimum absolute atomic E-state index is 0.0179. The second-order valence-corrected chi connectivity index (χ2v) is 16.2. The molecule has 0 amide bonds. The molecule has 0 bridgehead atoms. The number of fused-ring (bicyclic) bond motifs is 2. The first-order valence-corrected chi connectivity index (χ1v) is 17.8. The number of hydrogen-bond donors (Lipinski definition) is 3. The van der Waals surface area contributed by atoms with Crippen molar-refractivity contribution in [1.29, 1.82) is 0 Å². The van der Waals surface area contributed by atoms with Gasteiger partial charge in [-0.2, -0.15) is 11.8 Å². The first-order valence-electron chi connectivity index (χ1n) is 16.3. The molecule has 2 saturated carbocycles. The number of ether oxygens (including phenoxy) is 1. The van der Waals surface area contributed by atoms with E-state index in [4.69, 9.17) is 21.3 Å². The van der Waals surface area contributed by atoms with Crippen LogP contribution in [-0.2, 0) is 28.9 Å². The maximum atomic E-state index is 13.8. The van der Waals surface area contributed by atoms with Crippen molar-refractivity contribution in [3.05, 3.63) is 27.4 Å². The summed E-state index contributed by atoms with van der Waals surface area (Å²) in [6, 6.07) is 0.886. The Balaban J connectivity index is 1.12. The van der Waals surface area contributed by atoms with Crippen LogP contribution < -0.4 is 10.9 Å². The Morgan fingerprint density at radius 2 is 2.00 bits per heavy atom. The van der Waals surface area contributed by atoms with Crippen LogP contribution in [-0.4, -0.2) is 96.5 Å². The molecule has 0 aromatic carbocycles. The van der Waals surface area contributed by atoms with Crippen LogP contribution in [0, 0.1) is 24.7 Å². The van der Waals surface area contributed by atoms with Crippen molar-refractivity contribution in [2.75, 3.05) is 19.4 Å². The van der Waals surface area contributed by atoms with Crippen molar-refractivity contribution in [2.45, 2.75) is 132 Å². The van der Waals surface area contributed by atoms with Crippen LogP contribution in [0.15, 0.2) is 4.79 Å². The molecule has 0 spiro atoms. The number of carboxylic acid groups (broad SMARTS) is 1. The quantitative estimate of drug-likeness (QED) is 0.370. The number of piperidine rings is 1. The Morgan fingerprint density at radius 3 is 2.72 bits per heavy atom. The van der Waals surface area contributed by atoms with Crippen molar-refractivity contribution in [1.82, 2.24) is 19.8 Å². The molecule has 9 nitrogen and oxygen atoms in total. The number of nitrogens with zero attached hydrogens (tertiary/aromatic N) is 3. The van der Waals surface area contributed by atoms with Crippen molar-refractivity contribution in [3.8, 4) is 0 Å². The third-order valence-electron chi connectivity index (χ3n) is 11.3. The average Bonchev–Trinajstić information content (AvgIpc) is 3.37. The summed E-state index contributed by atoms with van der Waals surface area (Å²) in [5, 5.41) is 24.0. The Kier molecular flexibility index (Phi) is 9.28. The summed E-state index contributed by atoms with van der Waals surface area (Å²) in [6.45, 7) is 6.89. The molecule has 3 aliphatic carbocycles. The van der Waals surface area contributed by atoms with E-state index in [1.165, 1.54) is 0 Å². The fraction of sp³-hybridized carbons (Fsp3) is 0.844. The molecule has 2 saturated heterocycles. The monoisotopic (exact) mass is 636 g/mol. The second-order valence-electron chi connectivity index (χ2n) is 14.4.